The number of carbonyl (C=O) groups is 1. The van der Waals surface area contributed by atoms with Gasteiger partial charge in [0.05, 0.1) is 4.88 Å². The Morgan fingerprint density at radius 2 is 2.11 bits per heavy atom. The lowest BCUT2D eigenvalue weighted by Gasteiger charge is -2.02. The monoisotopic (exact) mass is 260 g/mol. The van der Waals surface area contributed by atoms with E-state index in [9.17, 15) is 4.79 Å². The fourth-order valence-corrected chi connectivity index (χ4v) is 2.78. The molecule has 2 heterocycles. The molecule has 94 valence electrons. The third kappa shape index (κ3) is 2.96. The Morgan fingerprint density at radius 3 is 2.72 bits per heavy atom. The van der Waals surface area contributed by atoms with Crippen molar-refractivity contribution in [2.75, 3.05) is 0 Å². The molecule has 0 spiro atoms. The SMILES string of the molecule is CCc1sc(C(=O)NCc2ccncc2)cc1C. The van der Waals surface area contributed by atoms with Crippen molar-refractivity contribution in [3.8, 4) is 0 Å². The summed E-state index contributed by atoms with van der Waals surface area (Å²) in [5.74, 6) is -0.000359. The van der Waals surface area contributed by atoms with Gasteiger partial charge >= 0.3 is 0 Å². The van der Waals surface area contributed by atoms with Crippen LogP contribution in [0.5, 0.6) is 0 Å². The smallest absolute Gasteiger partial charge is 0.261 e. The first-order chi connectivity index (χ1) is 8.70. The van der Waals surface area contributed by atoms with Crippen LogP contribution in [0.15, 0.2) is 30.6 Å². The molecule has 0 fully saturated rings. The van der Waals surface area contributed by atoms with Crippen LogP contribution in [0.25, 0.3) is 0 Å². The lowest BCUT2D eigenvalue weighted by Crippen LogP contribution is -2.21. The second-order valence-corrected chi connectivity index (χ2v) is 5.25. The summed E-state index contributed by atoms with van der Waals surface area (Å²) in [6, 6.07) is 5.76. The highest BCUT2D eigenvalue weighted by Gasteiger charge is 2.11. The summed E-state index contributed by atoms with van der Waals surface area (Å²) in [6.07, 6.45) is 4.44. The maximum Gasteiger partial charge on any atom is 0.261 e. The molecule has 0 saturated carbocycles. The first-order valence-electron chi connectivity index (χ1n) is 5.97. The molecule has 18 heavy (non-hydrogen) atoms. The highest BCUT2D eigenvalue weighted by Crippen LogP contribution is 2.22. The third-order valence-electron chi connectivity index (χ3n) is 2.77. The van der Waals surface area contributed by atoms with Crippen LogP contribution in [0, 0.1) is 6.92 Å². The number of pyridine rings is 1. The zero-order valence-corrected chi connectivity index (χ0v) is 11.4. The van der Waals surface area contributed by atoms with Crippen molar-refractivity contribution in [3.63, 3.8) is 0 Å². The first-order valence-corrected chi connectivity index (χ1v) is 6.78. The van der Waals surface area contributed by atoms with Gasteiger partial charge < -0.3 is 5.32 Å². The average molecular weight is 260 g/mol. The number of aromatic nitrogens is 1. The molecule has 0 unspecified atom stereocenters. The Balaban J connectivity index is 1.99. The number of hydrogen-bond acceptors (Lipinski definition) is 3. The molecule has 1 N–H and O–H groups in total. The van der Waals surface area contributed by atoms with Crippen LogP contribution in [0.2, 0.25) is 0 Å². The summed E-state index contributed by atoms with van der Waals surface area (Å²) in [5, 5.41) is 2.92. The summed E-state index contributed by atoms with van der Waals surface area (Å²) in [6.45, 7) is 4.70. The Labute approximate surface area is 111 Å². The van der Waals surface area contributed by atoms with Crippen molar-refractivity contribution in [1.29, 1.82) is 0 Å². The second kappa shape index (κ2) is 5.78. The van der Waals surface area contributed by atoms with Crippen LogP contribution in [0.3, 0.4) is 0 Å². The second-order valence-electron chi connectivity index (χ2n) is 4.11. The minimum atomic E-state index is -0.000359. The van der Waals surface area contributed by atoms with Crippen molar-refractivity contribution in [3.05, 3.63) is 51.5 Å². The summed E-state index contributed by atoms with van der Waals surface area (Å²) in [5.41, 5.74) is 2.26. The van der Waals surface area contributed by atoms with Gasteiger partial charge in [-0.2, -0.15) is 0 Å². The Hall–Kier alpha value is -1.68. The van der Waals surface area contributed by atoms with Gasteiger partial charge in [-0.1, -0.05) is 6.92 Å². The summed E-state index contributed by atoms with van der Waals surface area (Å²) in [4.78, 5) is 18.0. The van der Waals surface area contributed by atoms with Crippen molar-refractivity contribution < 1.29 is 4.79 Å². The molecule has 3 nitrogen and oxygen atoms in total. The molecule has 0 aromatic carbocycles. The summed E-state index contributed by atoms with van der Waals surface area (Å²) < 4.78 is 0. The van der Waals surface area contributed by atoms with E-state index < -0.39 is 0 Å². The number of nitrogens with zero attached hydrogens (tertiary/aromatic N) is 1. The summed E-state index contributed by atoms with van der Waals surface area (Å²) in [7, 11) is 0. The number of nitrogens with one attached hydrogen (secondary N) is 1. The zero-order chi connectivity index (χ0) is 13.0. The van der Waals surface area contributed by atoms with E-state index in [0.29, 0.717) is 6.54 Å². The van der Waals surface area contributed by atoms with Gasteiger partial charge in [0.15, 0.2) is 0 Å². The van der Waals surface area contributed by atoms with Crippen LogP contribution in [-0.2, 0) is 13.0 Å². The number of hydrogen-bond donors (Lipinski definition) is 1. The number of thiophene rings is 1. The molecule has 1 amide bonds. The van der Waals surface area contributed by atoms with Gasteiger partial charge in [0.1, 0.15) is 0 Å². The normalized spacial score (nSPS) is 10.3. The van der Waals surface area contributed by atoms with E-state index in [4.69, 9.17) is 0 Å². The summed E-state index contributed by atoms with van der Waals surface area (Å²) >= 11 is 1.58. The van der Waals surface area contributed by atoms with Gasteiger partial charge in [-0.05, 0) is 42.7 Å². The maximum absolute atomic E-state index is 12.0. The van der Waals surface area contributed by atoms with Gasteiger partial charge in [0.2, 0.25) is 0 Å². The molecular weight excluding hydrogens is 244 g/mol. The molecule has 2 aromatic rings. The lowest BCUT2D eigenvalue weighted by molar-refractivity contribution is 0.0955. The maximum atomic E-state index is 12.0. The lowest BCUT2D eigenvalue weighted by atomic mass is 10.2. The predicted octanol–water partition coefficient (Wildman–Crippen LogP) is 2.94. The van der Waals surface area contributed by atoms with Gasteiger partial charge in [0, 0.05) is 23.8 Å². The number of aryl methyl sites for hydroxylation is 2. The quantitative estimate of drug-likeness (QED) is 0.918. The number of carbonyl (C=O) groups excluding carboxylic acids is 1. The first kappa shape index (κ1) is 12.8. The Kier molecular flexibility index (Phi) is 4.10. The molecule has 0 aliphatic carbocycles. The molecule has 0 aliphatic rings. The van der Waals surface area contributed by atoms with Crippen molar-refractivity contribution >= 4 is 17.2 Å². The fraction of sp³-hybridized carbons (Fsp3) is 0.286. The van der Waals surface area contributed by atoms with E-state index >= 15 is 0 Å². The molecule has 4 heteroatoms. The van der Waals surface area contributed by atoms with E-state index in [2.05, 4.69) is 24.1 Å². The van der Waals surface area contributed by atoms with Gasteiger partial charge in [0.25, 0.3) is 5.91 Å². The van der Waals surface area contributed by atoms with Gasteiger partial charge in [-0.15, -0.1) is 11.3 Å². The van der Waals surface area contributed by atoms with Crippen molar-refractivity contribution in [2.45, 2.75) is 26.8 Å². The van der Waals surface area contributed by atoms with E-state index in [0.717, 1.165) is 16.9 Å². The van der Waals surface area contributed by atoms with Crippen LogP contribution in [0.4, 0.5) is 0 Å². The minimum Gasteiger partial charge on any atom is -0.347 e. The van der Waals surface area contributed by atoms with Gasteiger partial charge in [-0.3, -0.25) is 9.78 Å². The third-order valence-corrected chi connectivity index (χ3v) is 4.15. The molecule has 0 aliphatic heterocycles. The molecule has 2 aromatic heterocycles. The minimum absolute atomic E-state index is 0.000359. The van der Waals surface area contributed by atoms with Crippen molar-refractivity contribution in [2.24, 2.45) is 0 Å². The molecule has 0 saturated heterocycles. The van der Waals surface area contributed by atoms with E-state index in [1.807, 2.05) is 18.2 Å². The van der Waals surface area contributed by atoms with Crippen LogP contribution in [-0.4, -0.2) is 10.9 Å². The molecule has 2 rings (SSSR count). The highest BCUT2D eigenvalue weighted by molar-refractivity contribution is 7.14. The zero-order valence-electron chi connectivity index (χ0n) is 10.6. The molecular formula is C14H16N2OS. The molecule has 0 radical (unpaired) electrons. The topological polar surface area (TPSA) is 42.0 Å². The Bertz CT molecular complexity index is 534. The van der Waals surface area contributed by atoms with Crippen LogP contribution < -0.4 is 5.32 Å². The fourth-order valence-electron chi connectivity index (χ4n) is 1.75. The van der Waals surface area contributed by atoms with E-state index in [1.54, 1.807) is 23.7 Å². The van der Waals surface area contributed by atoms with Gasteiger partial charge in [-0.25, -0.2) is 0 Å². The van der Waals surface area contributed by atoms with E-state index in [-0.39, 0.29) is 5.91 Å². The molecule has 0 atom stereocenters. The van der Waals surface area contributed by atoms with Crippen LogP contribution >= 0.6 is 11.3 Å². The standard InChI is InChI=1S/C14H16N2OS/c1-3-12-10(2)8-13(18-12)14(17)16-9-11-4-6-15-7-5-11/h4-8H,3,9H2,1-2H3,(H,16,17). The number of amides is 1. The highest BCUT2D eigenvalue weighted by atomic mass is 32.1. The van der Waals surface area contributed by atoms with Crippen molar-refractivity contribution in [1.82, 2.24) is 10.3 Å². The Morgan fingerprint density at radius 1 is 1.39 bits per heavy atom. The average Bonchev–Trinajstić information content (AvgIpc) is 2.78. The molecule has 0 bridgehead atoms. The number of rotatable bonds is 4. The van der Waals surface area contributed by atoms with E-state index in [1.165, 1.54) is 10.4 Å². The predicted molar refractivity (Wildman–Crippen MR) is 73.8 cm³/mol. The largest absolute Gasteiger partial charge is 0.347 e. The van der Waals surface area contributed by atoms with Crippen LogP contribution in [0.1, 0.15) is 32.6 Å².